The Bertz CT molecular complexity index is 3340. The van der Waals surface area contributed by atoms with Crippen LogP contribution in [0.15, 0.2) is 47.5 Å². The summed E-state index contributed by atoms with van der Waals surface area (Å²) in [6, 6.07) is -11.6. The number of carboxylic acid groups (broad SMARTS) is 1. The number of fused-ring (bicyclic) bond motifs is 7. The van der Waals surface area contributed by atoms with Crippen LogP contribution in [0.3, 0.4) is 0 Å². The number of rotatable bonds is 18. The van der Waals surface area contributed by atoms with Crippen LogP contribution in [0, 0.1) is 11.8 Å². The number of carbonyl (C=O) groups is 15. The molecule has 0 radical (unpaired) electrons. The van der Waals surface area contributed by atoms with Crippen molar-refractivity contribution in [3.8, 4) is 0 Å². The van der Waals surface area contributed by atoms with Crippen molar-refractivity contribution in [1.29, 1.82) is 0 Å². The molecule has 36 nitrogen and oxygen atoms in total. The van der Waals surface area contributed by atoms with Gasteiger partial charge in [-0.05, 0) is 114 Å². The molecule has 0 saturated carbocycles. The molecule has 0 aromatic heterocycles. The standard InChI is InChI=1S/C69H106N18O18/c1-6-37(3)53-64(101)77-42-21-11-12-22-44(76-57(94)41(24-15-29-73-69(71)72)75-51(90)35-74-56(93)45(34-52(91)92)79-62(99)48-25-16-30-85(48)66(103)46(80-58(42)95)33-40-19-9-8-10-20-40)60(97)84-55(39(5)89)65(102)78-43(23-13-14-28-70)59(96)81-47(36-88)61(98)83-54(38(4)7-2)68(105)87-32-18-27-50(87)67(104)86-31-17-26-49(86)63(100)82-53/h8-12,19-20,37-39,41-50,53-55,88-89H,6-7,13-18,21-36,70H2,1-5H3,(H,74,93)(H,75,90)(H,76,94)(H,77,101)(H,78,102)(H,79,99)(H,80,95)(H,81,96)(H,82,100)(H,83,98)(H,84,97)(H,91,92)(H4,71,72,73)/b12-11-/t37-,38-,39+,41-,42+,43-,44-,45-,46-,47-,48-,49-,50-,53-,54-,55-/m0/s1. The molecule has 16 atom stereocenters. The molecule has 5 aliphatic rings. The summed E-state index contributed by atoms with van der Waals surface area (Å²) in [5.41, 5.74) is 17.5. The summed E-state index contributed by atoms with van der Waals surface area (Å²) in [6.45, 7) is 6.19. The number of carbonyl (C=O) groups excluding carboxylic acids is 14. The van der Waals surface area contributed by atoms with Gasteiger partial charge in [-0.15, -0.1) is 0 Å². The number of nitrogens with two attached hydrogens (primary N) is 3. The van der Waals surface area contributed by atoms with Crippen LogP contribution in [0.2, 0.25) is 0 Å². The summed E-state index contributed by atoms with van der Waals surface area (Å²) in [7, 11) is 0. The topological polar surface area (TPSA) is 549 Å². The predicted octanol–water partition coefficient (Wildman–Crippen LogP) is -5.35. The summed E-state index contributed by atoms with van der Waals surface area (Å²) < 4.78 is 0. The number of benzene rings is 1. The fourth-order valence-electron chi connectivity index (χ4n) is 13.2. The normalized spacial score (nSPS) is 28.7. The van der Waals surface area contributed by atoms with Crippen molar-refractivity contribution in [3.05, 3.63) is 48.0 Å². The Labute approximate surface area is 609 Å². The SMILES string of the molecule is CC[C@H](C)[C@@H]1NC(=O)[C@@H]2CCCN2C(=O)[C@@H]2CCCN2C(=O)[C@H]([C@@H](C)CC)NC(=O)[C@H](CO)NC(=O)[C@H](CCCCN)NC(=O)[C@H]([C@@H](C)O)NC(=O)[C@@H]2C/C=C\C[C@@H](NC1=O)C(=O)N[C@@H](Cc1ccccc1)C(=O)N1CCC[C@H]1C(=O)N[C@@H](CC(=O)O)C(=O)NCC(=O)N[C@@H](CCCN=C(N)N)C(=O)N2. The van der Waals surface area contributed by atoms with Crippen LogP contribution in [-0.4, -0.2) is 255 Å². The maximum Gasteiger partial charge on any atom is 0.305 e. The van der Waals surface area contributed by atoms with Gasteiger partial charge in [0.05, 0.1) is 25.7 Å². The highest BCUT2D eigenvalue weighted by atomic mass is 16.4. The lowest BCUT2D eigenvalue weighted by atomic mass is 9.96. The number of nitrogens with one attached hydrogen (secondary N) is 11. The second-order valence-corrected chi connectivity index (χ2v) is 27.4. The molecule has 14 amide bonds. The number of aliphatic hydroxyl groups excluding tert-OH is 2. The van der Waals surface area contributed by atoms with E-state index in [-0.39, 0.29) is 103 Å². The third kappa shape index (κ3) is 24.1. The highest BCUT2D eigenvalue weighted by Gasteiger charge is 2.47. The zero-order valence-electron chi connectivity index (χ0n) is 60.2. The van der Waals surface area contributed by atoms with Gasteiger partial charge in [0.1, 0.15) is 78.5 Å². The number of hydrogen-bond acceptors (Lipinski definition) is 19. The van der Waals surface area contributed by atoms with E-state index in [1.165, 1.54) is 26.9 Å². The van der Waals surface area contributed by atoms with Gasteiger partial charge >= 0.3 is 5.97 Å². The van der Waals surface area contributed by atoms with Gasteiger partial charge in [-0.3, -0.25) is 76.9 Å². The number of guanidine groups is 1. The van der Waals surface area contributed by atoms with Crippen molar-refractivity contribution in [2.75, 3.05) is 45.9 Å². The number of nitrogens with zero attached hydrogens (tertiary/aromatic N) is 4. The number of aliphatic imine (C=N–C) groups is 1. The maximum atomic E-state index is 15.3. The van der Waals surface area contributed by atoms with E-state index in [0.29, 0.717) is 31.2 Å². The minimum Gasteiger partial charge on any atom is -0.481 e. The first kappa shape index (κ1) is 84.1. The molecule has 5 heterocycles. The van der Waals surface area contributed by atoms with E-state index < -0.39 is 218 Å². The lowest BCUT2D eigenvalue weighted by Crippen LogP contribution is -2.62. The molecular weight excluding hydrogens is 1370 g/mol. The second kappa shape index (κ2) is 41.0. The van der Waals surface area contributed by atoms with Crippen molar-refractivity contribution >= 4 is 94.6 Å². The number of aliphatic carboxylic acids is 1. The summed E-state index contributed by atoms with van der Waals surface area (Å²) in [5, 5.41) is 60.0. The van der Waals surface area contributed by atoms with Crippen LogP contribution in [0.4, 0.5) is 0 Å². The zero-order chi connectivity index (χ0) is 77.2. The van der Waals surface area contributed by atoms with Gasteiger partial charge in [0.15, 0.2) is 5.96 Å². The molecule has 2 bridgehead atoms. The zero-order valence-corrected chi connectivity index (χ0v) is 60.2. The minimum atomic E-state index is -1.95. The average Bonchev–Trinajstić information content (AvgIpc) is 1.69. The highest BCUT2D eigenvalue weighted by Crippen LogP contribution is 2.28. The van der Waals surface area contributed by atoms with E-state index in [0.717, 1.165) is 6.92 Å². The smallest absolute Gasteiger partial charge is 0.305 e. The van der Waals surface area contributed by atoms with Gasteiger partial charge in [0.25, 0.3) is 0 Å². The summed E-state index contributed by atoms with van der Waals surface area (Å²) >= 11 is 0. The number of hydrogen-bond donors (Lipinski definition) is 17. The Morgan fingerprint density at radius 2 is 1.00 bits per heavy atom. The number of amides is 14. The van der Waals surface area contributed by atoms with Gasteiger partial charge in [-0.2, -0.15) is 0 Å². The van der Waals surface area contributed by atoms with Crippen molar-refractivity contribution < 1.29 is 87.2 Å². The largest absolute Gasteiger partial charge is 0.481 e. The van der Waals surface area contributed by atoms with Crippen molar-refractivity contribution in [3.63, 3.8) is 0 Å². The van der Waals surface area contributed by atoms with E-state index in [4.69, 9.17) is 17.2 Å². The van der Waals surface area contributed by atoms with Crippen LogP contribution in [-0.2, 0) is 78.3 Å². The molecule has 0 unspecified atom stereocenters. The Hall–Kier alpha value is -9.84. The molecule has 5 aliphatic heterocycles. The maximum absolute atomic E-state index is 15.3. The van der Waals surface area contributed by atoms with Gasteiger partial charge < -0.3 is 106 Å². The van der Waals surface area contributed by atoms with Crippen LogP contribution in [0.1, 0.15) is 143 Å². The summed E-state index contributed by atoms with van der Waals surface area (Å²) in [5.74, 6) is -16.5. The monoisotopic (exact) mass is 1470 g/mol. The molecule has 0 aliphatic carbocycles. The van der Waals surface area contributed by atoms with Crippen LogP contribution in [0.5, 0.6) is 0 Å². The lowest BCUT2D eigenvalue weighted by Gasteiger charge is -2.35. The molecule has 1 aromatic carbocycles. The van der Waals surface area contributed by atoms with Crippen LogP contribution < -0.4 is 75.7 Å². The number of carboxylic acids is 1. The van der Waals surface area contributed by atoms with Crippen molar-refractivity contribution in [1.82, 2.24) is 73.2 Å². The molecule has 105 heavy (non-hydrogen) atoms. The first-order valence-electron chi connectivity index (χ1n) is 36.2. The molecule has 6 rings (SSSR count). The summed E-state index contributed by atoms with van der Waals surface area (Å²) in [4.78, 5) is 225. The van der Waals surface area contributed by atoms with Crippen LogP contribution in [0.25, 0.3) is 0 Å². The fourth-order valence-corrected chi connectivity index (χ4v) is 13.2. The molecule has 1 aromatic rings. The molecule has 36 heteroatoms. The van der Waals surface area contributed by atoms with Gasteiger partial charge in [0.2, 0.25) is 82.7 Å². The van der Waals surface area contributed by atoms with Gasteiger partial charge in [-0.1, -0.05) is 83.0 Å². The predicted molar refractivity (Wildman–Crippen MR) is 378 cm³/mol. The quantitative estimate of drug-likeness (QED) is 0.0282. The van der Waals surface area contributed by atoms with E-state index in [9.17, 15) is 72.9 Å². The molecule has 3 fully saturated rings. The molecule has 580 valence electrons. The Morgan fingerprint density at radius 3 is 1.58 bits per heavy atom. The fraction of sp³-hybridized carbons (Fsp3) is 0.652. The Balaban J connectivity index is 1.52. The molecular formula is C69H106N18O18. The Kier molecular flexibility index (Phi) is 32.8. The van der Waals surface area contributed by atoms with Crippen molar-refractivity contribution in [2.45, 2.75) is 228 Å². The molecule has 20 N–H and O–H groups in total. The third-order valence-electron chi connectivity index (χ3n) is 19.6. The van der Waals surface area contributed by atoms with E-state index >= 15 is 14.4 Å². The number of aliphatic hydroxyl groups is 2. The minimum absolute atomic E-state index is 0.0140. The second-order valence-electron chi connectivity index (χ2n) is 27.4. The summed E-state index contributed by atoms with van der Waals surface area (Å²) in [6.07, 6.45) is 0.578. The first-order valence-corrected chi connectivity index (χ1v) is 36.2. The first-order chi connectivity index (χ1) is 50.0. The lowest BCUT2D eigenvalue weighted by molar-refractivity contribution is -0.149. The van der Waals surface area contributed by atoms with E-state index in [2.05, 4.69) is 63.5 Å². The van der Waals surface area contributed by atoms with Gasteiger partial charge in [0, 0.05) is 32.6 Å². The van der Waals surface area contributed by atoms with E-state index in [1.54, 1.807) is 58.0 Å². The highest BCUT2D eigenvalue weighted by molar-refractivity contribution is 6.01. The molecule has 0 spiro atoms. The number of unbranched alkanes of at least 4 members (excludes halogenated alkanes) is 1. The van der Waals surface area contributed by atoms with Gasteiger partial charge in [-0.25, -0.2) is 0 Å². The third-order valence-corrected chi connectivity index (χ3v) is 19.6. The Morgan fingerprint density at radius 1 is 0.524 bits per heavy atom. The van der Waals surface area contributed by atoms with E-state index in [1.807, 2.05) is 0 Å². The van der Waals surface area contributed by atoms with Crippen LogP contribution >= 0.6 is 0 Å². The van der Waals surface area contributed by atoms with Crippen molar-refractivity contribution in [2.24, 2.45) is 34.0 Å². The average molecular weight is 1480 g/mol. The molecule has 3 saturated heterocycles.